The van der Waals surface area contributed by atoms with Crippen molar-refractivity contribution in [2.24, 2.45) is 0 Å². The number of rotatable bonds is 3. The zero-order chi connectivity index (χ0) is 11.5. The molecule has 1 saturated heterocycles. The lowest BCUT2D eigenvalue weighted by Gasteiger charge is -2.17. The molecule has 0 bridgehead atoms. The molecule has 88 valence electrons. The van der Waals surface area contributed by atoms with Gasteiger partial charge in [0.25, 0.3) is 0 Å². The van der Waals surface area contributed by atoms with E-state index in [1.54, 1.807) is 20.2 Å². The van der Waals surface area contributed by atoms with Crippen molar-refractivity contribution in [2.45, 2.75) is 25.6 Å². The highest BCUT2D eigenvalue weighted by molar-refractivity contribution is 5.41. The normalized spacial score (nSPS) is 22.4. The molecule has 0 saturated carbocycles. The van der Waals surface area contributed by atoms with E-state index in [0.717, 1.165) is 30.9 Å². The van der Waals surface area contributed by atoms with Crippen molar-refractivity contribution in [3.05, 3.63) is 23.9 Å². The van der Waals surface area contributed by atoms with Crippen LogP contribution in [0.25, 0.3) is 0 Å². The van der Waals surface area contributed by atoms with E-state index in [2.05, 4.69) is 9.88 Å². The quantitative estimate of drug-likeness (QED) is 0.838. The summed E-state index contributed by atoms with van der Waals surface area (Å²) in [6, 6.07) is 3.88. The van der Waals surface area contributed by atoms with Gasteiger partial charge in [-0.2, -0.15) is 0 Å². The van der Waals surface area contributed by atoms with Gasteiger partial charge in [-0.25, -0.2) is 4.98 Å². The van der Waals surface area contributed by atoms with Crippen LogP contribution in [0.5, 0.6) is 0 Å². The maximum Gasteiger partial charge on any atom is 0.128 e. The van der Waals surface area contributed by atoms with Gasteiger partial charge >= 0.3 is 0 Å². The Bertz CT molecular complexity index is 337. The van der Waals surface area contributed by atoms with Crippen LogP contribution >= 0.6 is 0 Å². The van der Waals surface area contributed by atoms with Crippen LogP contribution < -0.4 is 4.90 Å². The molecule has 1 aromatic heterocycles. The lowest BCUT2D eigenvalue weighted by atomic mass is 10.2. The van der Waals surface area contributed by atoms with Gasteiger partial charge in [-0.3, -0.25) is 0 Å². The predicted octanol–water partition coefficient (Wildman–Crippen LogP) is 1.36. The minimum absolute atomic E-state index is 0.318. The summed E-state index contributed by atoms with van der Waals surface area (Å²) in [6.45, 7) is 3.63. The molecule has 2 heterocycles. The minimum Gasteiger partial charge on any atom is -0.389 e. The predicted molar refractivity (Wildman–Crippen MR) is 62.5 cm³/mol. The van der Waals surface area contributed by atoms with Crippen molar-refractivity contribution >= 4 is 5.82 Å². The molecule has 0 spiro atoms. The Morgan fingerprint density at radius 2 is 2.38 bits per heavy atom. The van der Waals surface area contributed by atoms with Crippen LogP contribution in [0.3, 0.4) is 0 Å². The van der Waals surface area contributed by atoms with Crippen molar-refractivity contribution in [1.29, 1.82) is 0 Å². The summed E-state index contributed by atoms with van der Waals surface area (Å²) < 4.78 is 5.32. The van der Waals surface area contributed by atoms with Crippen molar-refractivity contribution in [3.63, 3.8) is 0 Å². The summed E-state index contributed by atoms with van der Waals surface area (Å²) in [5, 5.41) is 9.39. The zero-order valence-corrected chi connectivity index (χ0v) is 9.76. The SMILES string of the molecule is COC1CCN(c2ccc([C@@H](C)O)cn2)C1. The van der Waals surface area contributed by atoms with E-state index in [1.165, 1.54) is 0 Å². The highest BCUT2D eigenvalue weighted by Gasteiger charge is 2.22. The summed E-state index contributed by atoms with van der Waals surface area (Å²) >= 11 is 0. The molecule has 1 fully saturated rings. The van der Waals surface area contributed by atoms with E-state index in [-0.39, 0.29) is 0 Å². The molecule has 4 nitrogen and oxygen atoms in total. The van der Waals surface area contributed by atoms with Gasteiger partial charge in [0.05, 0.1) is 12.2 Å². The second kappa shape index (κ2) is 4.80. The molecular formula is C12H18N2O2. The van der Waals surface area contributed by atoms with Gasteiger partial charge in [0, 0.05) is 26.4 Å². The first-order valence-corrected chi connectivity index (χ1v) is 5.62. The Balaban J connectivity index is 2.05. The fourth-order valence-electron chi connectivity index (χ4n) is 1.96. The van der Waals surface area contributed by atoms with Crippen LogP contribution in [0.2, 0.25) is 0 Å². The zero-order valence-electron chi connectivity index (χ0n) is 9.76. The minimum atomic E-state index is -0.452. The molecule has 0 amide bonds. The van der Waals surface area contributed by atoms with Crippen LogP contribution in [0.4, 0.5) is 5.82 Å². The molecule has 1 aliphatic heterocycles. The van der Waals surface area contributed by atoms with E-state index < -0.39 is 6.10 Å². The van der Waals surface area contributed by atoms with E-state index in [4.69, 9.17) is 4.74 Å². The van der Waals surface area contributed by atoms with Crippen molar-refractivity contribution in [2.75, 3.05) is 25.1 Å². The Morgan fingerprint density at radius 1 is 1.56 bits per heavy atom. The Morgan fingerprint density at radius 3 is 2.88 bits per heavy atom. The number of nitrogens with zero attached hydrogens (tertiary/aromatic N) is 2. The van der Waals surface area contributed by atoms with Gasteiger partial charge in [0.1, 0.15) is 5.82 Å². The summed E-state index contributed by atoms with van der Waals surface area (Å²) in [6.07, 6.45) is 2.65. The molecule has 2 rings (SSSR count). The Hall–Kier alpha value is -1.13. The summed E-state index contributed by atoms with van der Waals surface area (Å²) in [4.78, 5) is 6.57. The second-order valence-corrected chi connectivity index (χ2v) is 4.22. The molecular weight excluding hydrogens is 204 g/mol. The third-order valence-electron chi connectivity index (χ3n) is 3.06. The summed E-state index contributed by atoms with van der Waals surface area (Å²) in [5.41, 5.74) is 0.853. The van der Waals surface area contributed by atoms with Gasteiger partial charge in [-0.1, -0.05) is 6.07 Å². The van der Waals surface area contributed by atoms with Crippen LogP contribution in [-0.4, -0.2) is 36.4 Å². The first-order chi connectivity index (χ1) is 7.70. The van der Waals surface area contributed by atoms with Gasteiger partial charge in [0.15, 0.2) is 0 Å². The fourth-order valence-corrected chi connectivity index (χ4v) is 1.96. The standard InChI is InChI=1S/C12H18N2O2/c1-9(15)10-3-4-12(13-7-10)14-6-5-11(8-14)16-2/h3-4,7,9,11,15H,5-6,8H2,1-2H3/t9-,11?/m1/s1. The molecule has 0 radical (unpaired) electrons. The molecule has 1 aromatic rings. The highest BCUT2D eigenvalue weighted by Crippen LogP contribution is 2.21. The van der Waals surface area contributed by atoms with E-state index in [1.807, 2.05) is 12.1 Å². The molecule has 0 aliphatic carbocycles. The van der Waals surface area contributed by atoms with Gasteiger partial charge < -0.3 is 14.7 Å². The van der Waals surface area contributed by atoms with Gasteiger partial charge in [-0.05, 0) is 25.0 Å². The van der Waals surface area contributed by atoms with Crippen LogP contribution in [-0.2, 0) is 4.74 Å². The van der Waals surface area contributed by atoms with Crippen molar-refractivity contribution in [1.82, 2.24) is 4.98 Å². The Labute approximate surface area is 95.9 Å². The number of methoxy groups -OCH3 is 1. The molecule has 16 heavy (non-hydrogen) atoms. The van der Waals surface area contributed by atoms with Gasteiger partial charge in [-0.15, -0.1) is 0 Å². The number of aliphatic hydroxyl groups excluding tert-OH is 1. The summed E-state index contributed by atoms with van der Waals surface area (Å²) in [5.74, 6) is 0.962. The van der Waals surface area contributed by atoms with Crippen molar-refractivity contribution in [3.8, 4) is 0 Å². The average Bonchev–Trinajstić information content (AvgIpc) is 2.77. The second-order valence-electron chi connectivity index (χ2n) is 4.22. The Kier molecular flexibility index (Phi) is 3.41. The largest absolute Gasteiger partial charge is 0.389 e. The highest BCUT2D eigenvalue weighted by atomic mass is 16.5. The van der Waals surface area contributed by atoms with Crippen LogP contribution in [0, 0.1) is 0 Å². The van der Waals surface area contributed by atoms with Crippen molar-refractivity contribution < 1.29 is 9.84 Å². The monoisotopic (exact) mass is 222 g/mol. The fraction of sp³-hybridized carbons (Fsp3) is 0.583. The maximum absolute atomic E-state index is 9.39. The lowest BCUT2D eigenvalue weighted by Crippen LogP contribution is -2.23. The molecule has 1 aliphatic rings. The first-order valence-electron chi connectivity index (χ1n) is 5.62. The average molecular weight is 222 g/mol. The third kappa shape index (κ3) is 2.33. The van der Waals surface area contributed by atoms with Crippen LogP contribution in [0.15, 0.2) is 18.3 Å². The maximum atomic E-state index is 9.39. The molecule has 0 aromatic carbocycles. The van der Waals surface area contributed by atoms with E-state index in [9.17, 15) is 5.11 Å². The molecule has 1 N–H and O–H groups in total. The number of anilines is 1. The topological polar surface area (TPSA) is 45.6 Å². The smallest absolute Gasteiger partial charge is 0.128 e. The number of aromatic nitrogens is 1. The number of pyridine rings is 1. The number of hydrogen-bond donors (Lipinski definition) is 1. The molecule has 1 unspecified atom stereocenters. The van der Waals surface area contributed by atoms with Crippen LogP contribution in [0.1, 0.15) is 25.0 Å². The third-order valence-corrected chi connectivity index (χ3v) is 3.06. The van der Waals surface area contributed by atoms with Gasteiger partial charge in [0.2, 0.25) is 0 Å². The van der Waals surface area contributed by atoms with E-state index >= 15 is 0 Å². The summed E-state index contributed by atoms with van der Waals surface area (Å²) in [7, 11) is 1.75. The molecule has 4 heteroatoms. The number of ether oxygens (including phenoxy) is 1. The molecule has 2 atom stereocenters. The number of aliphatic hydroxyl groups is 1. The number of hydrogen-bond acceptors (Lipinski definition) is 4. The lowest BCUT2D eigenvalue weighted by molar-refractivity contribution is 0.121. The van der Waals surface area contributed by atoms with E-state index in [0.29, 0.717) is 6.10 Å². The first kappa shape index (κ1) is 11.4.